The van der Waals surface area contributed by atoms with Gasteiger partial charge in [-0.3, -0.25) is 0 Å². The fourth-order valence-electron chi connectivity index (χ4n) is 1.02. The maximum absolute atomic E-state index is 4.24. The maximum Gasteiger partial charge on any atom is 0.147 e. The first-order valence-electron chi connectivity index (χ1n) is 4.00. The number of hydrogen-bond acceptors (Lipinski definition) is 3. The van der Waals surface area contributed by atoms with Crippen molar-refractivity contribution in [2.45, 2.75) is 13.8 Å². The van der Waals surface area contributed by atoms with Crippen molar-refractivity contribution in [1.82, 2.24) is 9.97 Å². The summed E-state index contributed by atoms with van der Waals surface area (Å²) in [5, 5.41) is 0. The van der Waals surface area contributed by atoms with E-state index in [4.69, 9.17) is 0 Å². The highest BCUT2D eigenvalue weighted by molar-refractivity contribution is 9.10. The standard InChI is InChI=1S/C8H12BrN3/c1-3-12(4-2)8-6-10-7(9)5-11-8/h5-6H,3-4H2,1-2H3. The van der Waals surface area contributed by atoms with Gasteiger partial charge in [-0.25, -0.2) is 9.97 Å². The molecule has 0 aliphatic carbocycles. The van der Waals surface area contributed by atoms with Crippen LogP contribution in [0, 0.1) is 0 Å². The molecular formula is C8H12BrN3. The van der Waals surface area contributed by atoms with E-state index in [9.17, 15) is 0 Å². The number of nitrogens with zero attached hydrogens (tertiary/aromatic N) is 3. The lowest BCUT2D eigenvalue weighted by atomic mass is 10.5. The Labute approximate surface area is 81.0 Å². The normalized spacial score (nSPS) is 9.92. The van der Waals surface area contributed by atoms with Crippen molar-refractivity contribution < 1.29 is 0 Å². The molecule has 0 atom stereocenters. The van der Waals surface area contributed by atoms with Crippen molar-refractivity contribution in [3.05, 3.63) is 17.0 Å². The molecule has 3 nitrogen and oxygen atoms in total. The first-order valence-corrected chi connectivity index (χ1v) is 4.79. The molecule has 1 rings (SSSR count). The average Bonchev–Trinajstić information content (AvgIpc) is 2.10. The molecule has 1 heterocycles. The Morgan fingerprint density at radius 1 is 1.25 bits per heavy atom. The first kappa shape index (κ1) is 9.45. The van der Waals surface area contributed by atoms with Crippen molar-refractivity contribution in [3.8, 4) is 0 Å². The van der Waals surface area contributed by atoms with Crippen LogP contribution in [-0.2, 0) is 0 Å². The van der Waals surface area contributed by atoms with Crippen LogP contribution in [0.4, 0.5) is 5.82 Å². The molecule has 0 aliphatic heterocycles. The van der Waals surface area contributed by atoms with Gasteiger partial charge in [0.25, 0.3) is 0 Å². The molecule has 12 heavy (non-hydrogen) atoms. The molecule has 0 unspecified atom stereocenters. The second-order valence-electron chi connectivity index (χ2n) is 2.37. The number of rotatable bonds is 3. The lowest BCUT2D eigenvalue weighted by Crippen LogP contribution is -2.22. The van der Waals surface area contributed by atoms with Crippen molar-refractivity contribution >= 4 is 21.7 Å². The van der Waals surface area contributed by atoms with E-state index in [2.05, 4.69) is 44.6 Å². The SMILES string of the molecule is CCN(CC)c1cnc(Br)cn1. The van der Waals surface area contributed by atoms with Crippen LogP contribution < -0.4 is 4.90 Å². The Balaban J connectivity index is 2.80. The minimum Gasteiger partial charge on any atom is -0.356 e. The molecule has 0 saturated carbocycles. The van der Waals surface area contributed by atoms with E-state index in [0.717, 1.165) is 23.5 Å². The largest absolute Gasteiger partial charge is 0.356 e. The summed E-state index contributed by atoms with van der Waals surface area (Å²) in [6.45, 7) is 6.14. The predicted octanol–water partition coefficient (Wildman–Crippen LogP) is 2.09. The molecule has 0 N–H and O–H groups in total. The van der Waals surface area contributed by atoms with Gasteiger partial charge >= 0.3 is 0 Å². The van der Waals surface area contributed by atoms with Crippen molar-refractivity contribution in [3.63, 3.8) is 0 Å². The van der Waals surface area contributed by atoms with Crippen LogP contribution >= 0.6 is 15.9 Å². The van der Waals surface area contributed by atoms with Crippen LogP contribution in [0.3, 0.4) is 0 Å². The van der Waals surface area contributed by atoms with Gasteiger partial charge < -0.3 is 4.90 Å². The molecule has 0 bridgehead atoms. The van der Waals surface area contributed by atoms with E-state index in [1.165, 1.54) is 0 Å². The minimum absolute atomic E-state index is 0.776. The molecule has 0 amide bonds. The molecule has 0 spiro atoms. The smallest absolute Gasteiger partial charge is 0.147 e. The Kier molecular flexibility index (Phi) is 3.47. The van der Waals surface area contributed by atoms with E-state index in [1.54, 1.807) is 12.4 Å². The Morgan fingerprint density at radius 3 is 2.33 bits per heavy atom. The lowest BCUT2D eigenvalue weighted by Gasteiger charge is -2.18. The van der Waals surface area contributed by atoms with Crippen LogP contribution in [0.1, 0.15) is 13.8 Å². The number of anilines is 1. The van der Waals surface area contributed by atoms with Crippen LogP contribution in [0.25, 0.3) is 0 Å². The fraction of sp³-hybridized carbons (Fsp3) is 0.500. The van der Waals surface area contributed by atoms with E-state index >= 15 is 0 Å². The van der Waals surface area contributed by atoms with Gasteiger partial charge in [0.2, 0.25) is 0 Å². The highest BCUT2D eigenvalue weighted by atomic mass is 79.9. The van der Waals surface area contributed by atoms with Gasteiger partial charge in [0, 0.05) is 13.1 Å². The van der Waals surface area contributed by atoms with Crippen molar-refractivity contribution in [2.24, 2.45) is 0 Å². The van der Waals surface area contributed by atoms with E-state index in [1.807, 2.05) is 0 Å². The van der Waals surface area contributed by atoms with Gasteiger partial charge in [0.05, 0.1) is 12.4 Å². The van der Waals surface area contributed by atoms with Crippen molar-refractivity contribution in [2.75, 3.05) is 18.0 Å². The lowest BCUT2D eigenvalue weighted by molar-refractivity contribution is 0.839. The van der Waals surface area contributed by atoms with E-state index in [0.29, 0.717) is 0 Å². The molecule has 0 aromatic carbocycles. The van der Waals surface area contributed by atoms with E-state index < -0.39 is 0 Å². The second-order valence-corrected chi connectivity index (χ2v) is 3.18. The quantitative estimate of drug-likeness (QED) is 0.796. The Bertz CT molecular complexity index is 231. The highest BCUT2D eigenvalue weighted by Crippen LogP contribution is 2.10. The molecular weight excluding hydrogens is 218 g/mol. The van der Waals surface area contributed by atoms with Gasteiger partial charge in [-0.1, -0.05) is 0 Å². The fourth-order valence-corrected chi connectivity index (χ4v) is 1.22. The summed E-state index contributed by atoms with van der Waals surface area (Å²) in [6.07, 6.45) is 3.49. The Hall–Kier alpha value is -0.640. The number of hydrogen-bond donors (Lipinski definition) is 0. The summed E-state index contributed by atoms with van der Waals surface area (Å²) in [4.78, 5) is 10.5. The summed E-state index contributed by atoms with van der Waals surface area (Å²) in [5.74, 6) is 0.934. The zero-order valence-electron chi connectivity index (χ0n) is 7.29. The number of aromatic nitrogens is 2. The topological polar surface area (TPSA) is 29.0 Å². The molecule has 0 saturated heterocycles. The van der Waals surface area contributed by atoms with Gasteiger partial charge in [-0.05, 0) is 29.8 Å². The molecule has 1 aromatic rings. The number of halogens is 1. The van der Waals surface area contributed by atoms with Crippen LogP contribution in [0.15, 0.2) is 17.0 Å². The van der Waals surface area contributed by atoms with Crippen LogP contribution in [0.5, 0.6) is 0 Å². The Morgan fingerprint density at radius 2 is 1.92 bits per heavy atom. The minimum atomic E-state index is 0.776. The summed E-state index contributed by atoms with van der Waals surface area (Å²) in [7, 11) is 0. The van der Waals surface area contributed by atoms with Crippen LogP contribution in [-0.4, -0.2) is 23.1 Å². The third-order valence-electron chi connectivity index (χ3n) is 1.69. The molecule has 0 radical (unpaired) electrons. The van der Waals surface area contributed by atoms with Gasteiger partial charge in [0.1, 0.15) is 10.4 Å². The molecule has 1 aromatic heterocycles. The van der Waals surface area contributed by atoms with E-state index in [-0.39, 0.29) is 0 Å². The zero-order valence-corrected chi connectivity index (χ0v) is 8.87. The second kappa shape index (κ2) is 4.40. The molecule has 66 valence electrons. The summed E-state index contributed by atoms with van der Waals surface area (Å²) < 4.78 is 0.776. The third kappa shape index (κ3) is 2.17. The monoisotopic (exact) mass is 229 g/mol. The van der Waals surface area contributed by atoms with Gasteiger partial charge in [-0.15, -0.1) is 0 Å². The van der Waals surface area contributed by atoms with Gasteiger partial charge in [-0.2, -0.15) is 0 Å². The zero-order chi connectivity index (χ0) is 8.97. The first-order chi connectivity index (χ1) is 5.77. The third-order valence-corrected chi connectivity index (χ3v) is 2.10. The van der Waals surface area contributed by atoms with Crippen LogP contribution in [0.2, 0.25) is 0 Å². The average molecular weight is 230 g/mol. The summed E-state index contributed by atoms with van der Waals surface area (Å²) in [6, 6.07) is 0. The molecule has 4 heteroatoms. The molecule has 0 fully saturated rings. The molecule has 0 aliphatic rings. The summed E-state index contributed by atoms with van der Waals surface area (Å²) >= 11 is 3.25. The van der Waals surface area contributed by atoms with Crippen molar-refractivity contribution in [1.29, 1.82) is 0 Å². The van der Waals surface area contributed by atoms with Gasteiger partial charge in [0.15, 0.2) is 0 Å². The predicted molar refractivity (Wildman–Crippen MR) is 53.3 cm³/mol. The maximum atomic E-state index is 4.24. The summed E-state index contributed by atoms with van der Waals surface area (Å²) in [5.41, 5.74) is 0. The highest BCUT2D eigenvalue weighted by Gasteiger charge is 2.01.